The fraction of sp³-hybridized carbons (Fsp3) is 0.444. The minimum absolute atomic E-state index is 0.115. The van der Waals surface area contributed by atoms with Gasteiger partial charge in [-0.25, -0.2) is 9.78 Å². The number of nitrogens with zero attached hydrogens (tertiary/aromatic N) is 2. The van der Waals surface area contributed by atoms with Crippen molar-refractivity contribution < 1.29 is 4.79 Å². The molecule has 1 saturated carbocycles. The highest BCUT2D eigenvalue weighted by atomic mass is 16.2. The molecule has 0 spiro atoms. The predicted octanol–water partition coefficient (Wildman–Crippen LogP) is 2.91. The van der Waals surface area contributed by atoms with E-state index in [4.69, 9.17) is 0 Å². The molecule has 1 aliphatic carbocycles. The van der Waals surface area contributed by atoms with Gasteiger partial charge < -0.3 is 20.5 Å². The Hall–Kier alpha value is -2.34. The van der Waals surface area contributed by atoms with Crippen LogP contribution in [-0.2, 0) is 6.54 Å². The van der Waals surface area contributed by atoms with Crippen LogP contribution >= 0.6 is 0 Å². The second-order valence-electron chi connectivity index (χ2n) is 6.32. The number of carbonyl (C=O) groups excluding carboxylic acids is 1. The van der Waals surface area contributed by atoms with Crippen molar-refractivity contribution in [3.05, 3.63) is 48.5 Å². The van der Waals surface area contributed by atoms with Gasteiger partial charge in [-0.2, -0.15) is 0 Å². The maximum atomic E-state index is 11.7. The van der Waals surface area contributed by atoms with E-state index in [1.54, 1.807) is 6.20 Å². The number of rotatable bonds is 8. The Balaban J connectivity index is 1.39. The first-order valence-corrected chi connectivity index (χ1v) is 8.57. The van der Waals surface area contributed by atoms with Crippen molar-refractivity contribution in [2.45, 2.75) is 44.8 Å². The standard InChI is InChI=1S/C18H25N5O/c1-14(20-9-2-11-23-12-10-19-13-23)15-3-5-16(6-4-15)21-18(24)22-17-7-8-17/h3-6,10,12-14,17,20H,2,7-9,11H2,1H3,(H2,21,22,24)/t14-/m0/s1. The zero-order valence-corrected chi connectivity index (χ0v) is 14.0. The van der Waals surface area contributed by atoms with Crippen LogP contribution in [0.4, 0.5) is 10.5 Å². The highest BCUT2D eigenvalue weighted by Gasteiger charge is 2.23. The van der Waals surface area contributed by atoms with Crippen molar-refractivity contribution in [2.75, 3.05) is 11.9 Å². The molecule has 0 bridgehead atoms. The molecular weight excluding hydrogens is 302 g/mol. The topological polar surface area (TPSA) is 71.0 Å². The zero-order valence-electron chi connectivity index (χ0n) is 14.0. The fourth-order valence-electron chi connectivity index (χ4n) is 2.55. The van der Waals surface area contributed by atoms with Gasteiger partial charge in [0.2, 0.25) is 0 Å². The Morgan fingerprint density at radius 3 is 2.79 bits per heavy atom. The van der Waals surface area contributed by atoms with Gasteiger partial charge in [0.1, 0.15) is 0 Å². The van der Waals surface area contributed by atoms with Crippen LogP contribution in [0, 0.1) is 0 Å². The molecule has 1 atom stereocenters. The molecule has 6 nitrogen and oxygen atoms in total. The van der Waals surface area contributed by atoms with Gasteiger partial charge in [0.05, 0.1) is 6.33 Å². The van der Waals surface area contributed by atoms with Gasteiger partial charge in [-0.05, 0) is 50.4 Å². The van der Waals surface area contributed by atoms with Gasteiger partial charge in [0.15, 0.2) is 0 Å². The number of amides is 2. The molecule has 1 fully saturated rings. The third-order valence-corrected chi connectivity index (χ3v) is 4.18. The molecule has 3 N–H and O–H groups in total. The molecule has 1 aliphatic rings. The van der Waals surface area contributed by atoms with Crippen molar-refractivity contribution >= 4 is 11.7 Å². The van der Waals surface area contributed by atoms with E-state index in [9.17, 15) is 4.79 Å². The van der Waals surface area contributed by atoms with Crippen LogP contribution in [0.3, 0.4) is 0 Å². The molecule has 128 valence electrons. The first-order chi connectivity index (χ1) is 11.7. The predicted molar refractivity (Wildman–Crippen MR) is 94.9 cm³/mol. The van der Waals surface area contributed by atoms with Crippen LogP contribution in [0.5, 0.6) is 0 Å². The van der Waals surface area contributed by atoms with Gasteiger partial charge in [-0.15, -0.1) is 0 Å². The summed E-state index contributed by atoms with van der Waals surface area (Å²) in [5.41, 5.74) is 2.04. The van der Waals surface area contributed by atoms with Crippen LogP contribution in [0.2, 0.25) is 0 Å². The van der Waals surface area contributed by atoms with Gasteiger partial charge in [-0.1, -0.05) is 12.1 Å². The Morgan fingerprint density at radius 2 is 2.12 bits per heavy atom. The normalized spacial score (nSPS) is 15.0. The summed E-state index contributed by atoms with van der Waals surface area (Å²) in [5.74, 6) is 0. The van der Waals surface area contributed by atoms with Crippen molar-refractivity contribution in [1.29, 1.82) is 0 Å². The number of urea groups is 1. The van der Waals surface area contributed by atoms with Crippen LogP contribution < -0.4 is 16.0 Å². The number of aromatic nitrogens is 2. The quantitative estimate of drug-likeness (QED) is 0.653. The third kappa shape index (κ3) is 5.09. The molecular formula is C18H25N5O. The molecule has 3 rings (SSSR count). The van der Waals surface area contributed by atoms with Crippen LogP contribution in [0.15, 0.2) is 43.0 Å². The van der Waals surface area contributed by atoms with E-state index >= 15 is 0 Å². The molecule has 0 saturated heterocycles. The molecule has 2 aromatic rings. The minimum atomic E-state index is -0.115. The van der Waals surface area contributed by atoms with E-state index in [-0.39, 0.29) is 12.1 Å². The second kappa shape index (κ2) is 7.97. The summed E-state index contributed by atoms with van der Waals surface area (Å²) in [6.07, 6.45) is 8.87. The molecule has 1 aromatic heterocycles. The number of hydrogen-bond acceptors (Lipinski definition) is 3. The number of imidazole rings is 1. The van der Waals surface area contributed by atoms with E-state index in [0.29, 0.717) is 6.04 Å². The van der Waals surface area contributed by atoms with Crippen molar-refractivity contribution in [1.82, 2.24) is 20.2 Å². The van der Waals surface area contributed by atoms with Gasteiger partial charge >= 0.3 is 6.03 Å². The lowest BCUT2D eigenvalue weighted by Crippen LogP contribution is -2.30. The Labute approximate surface area is 142 Å². The fourth-order valence-corrected chi connectivity index (χ4v) is 2.55. The summed E-state index contributed by atoms with van der Waals surface area (Å²) in [5, 5.41) is 9.31. The van der Waals surface area contributed by atoms with Gasteiger partial charge in [0, 0.05) is 36.7 Å². The molecule has 0 radical (unpaired) electrons. The maximum absolute atomic E-state index is 11.7. The summed E-state index contributed by atoms with van der Waals surface area (Å²) in [6, 6.07) is 8.55. The van der Waals surface area contributed by atoms with Crippen molar-refractivity contribution in [2.24, 2.45) is 0 Å². The minimum Gasteiger partial charge on any atom is -0.337 e. The van der Waals surface area contributed by atoms with E-state index in [1.165, 1.54) is 5.56 Å². The number of benzene rings is 1. The number of nitrogens with one attached hydrogen (secondary N) is 3. The van der Waals surface area contributed by atoms with E-state index < -0.39 is 0 Å². The largest absolute Gasteiger partial charge is 0.337 e. The van der Waals surface area contributed by atoms with Gasteiger partial charge in [0.25, 0.3) is 0 Å². The smallest absolute Gasteiger partial charge is 0.319 e. The van der Waals surface area contributed by atoms with Crippen molar-refractivity contribution in [3.63, 3.8) is 0 Å². The monoisotopic (exact) mass is 327 g/mol. The first kappa shape index (κ1) is 16.5. The maximum Gasteiger partial charge on any atom is 0.319 e. The SMILES string of the molecule is C[C@H](NCCCn1ccnc1)c1ccc(NC(=O)NC2CC2)cc1. The molecule has 6 heteroatoms. The van der Waals surface area contributed by atoms with E-state index in [1.807, 2.05) is 24.7 Å². The molecule has 24 heavy (non-hydrogen) atoms. The summed E-state index contributed by atoms with van der Waals surface area (Å²) in [6.45, 7) is 4.07. The molecule has 2 amide bonds. The summed E-state index contributed by atoms with van der Waals surface area (Å²) >= 11 is 0. The zero-order chi connectivity index (χ0) is 16.8. The summed E-state index contributed by atoms with van der Waals surface area (Å²) in [4.78, 5) is 15.8. The van der Waals surface area contributed by atoms with Gasteiger partial charge in [-0.3, -0.25) is 0 Å². The molecule has 0 aliphatic heterocycles. The lowest BCUT2D eigenvalue weighted by atomic mass is 10.1. The average molecular weight is 327 g/mol. The average Bonchev–Trinajstić information content (AvgIpc) is 3.23. The Morgan fingerprint density at radius 1 is 1.33 bits per heavy atom. The van der Waals surface area contributed by atoms with Crippen LogP contribution in [-0.4, -0.2) is 28.2 Å². The molecule has 0 unspecified atom stereocenters. The number of aryl methyl sites for hydroxylation is 1. The Bertz CT molecular complexity index is 634. The van der Waals surface area contributed by atoms with E-state index in [2.05, 4.69) is 44.6 Å². The van der Waals surface area contributed by atoms with Crippen LogP contribution in [0.25, 0.3) is 0 Å². The number of carbonyl (C=O) groups is 1. The lowest BCUT2D eigenvalue weighted by Gasteiger charge is -2.15. The van der Waals surface area contributed by atoms with Crippen molar-refractivity contribution in [3.8, 4) is 0 Å². The van der Waals surface area contributed by atoms with Crippen LogP contribution in [0.1, 0.15) is 37.8 Å². The molecule has 1 heterocycles. The Kier molecular flexibility index (Phi) is 5.48. The highest BCUT2D eigenvalue weighted by molar-refractivity contribution is 5.89. The summed E-state index contributed by atoms with van der Waals surface area (Å²) < 4.78 is 2.08. The first-order valence-electron chi connectivity index (χ1n) is 8.57. The highest BCUT2D eigenvalue weighted by Crippen LogP contribution is 2.19. The number of anilines is 1. The second-order valence-corrected chi connectivity index (χ2v) is 6.32. The third-order valence-electron chi connectivity index (χ3n) is 4.18. The number of hydrogen-bond donors (Lipinski definition) is 3. The summed E-state index contributed by atoms with van der Waals surface area (Å²) in [7, 11) is 0. The van der Waals surface area contributed by atoms with E-state index in [0.717, 1.165) is 38.0 Å². The lowest BCUT2D eigenvalue weighted by molar-refractivity contribution is 0.251. The molecule has 1 aromatic carbocycles.